The van der Waals surface area contributed by atoms with Crippen molar-refractivity contribution in [3.05, 3.63) is 72.2 Å². The van der Waals surface area contributed by atoms with Gasteiger partial charge < -0.3 is 4.98 Å². The molecule has 0 aliphatic carbocycles. The Kier molecular flexibility index (Phi) is 3.63. The molecule has 0 radical (unpaired) electrons. The fourth-order valence-corrected chi connectivity index (χ4v) is 4.18. The Bertz CT molecular complexity index is 1300. The van der Waals surface area contributed by atoms with Crippen LogP contribution in [0.1, 0.15) is 5.56 Å². The lowest BCUT2D eigenvalue weighted by Gasteiger charge is -2.08. The number of benzene rings is 3. The summed E-state index contributed by atoms with van der Waals surface area (Å²) in [7, 11) is -4.01. The molecule has 4 aromatic rings. The van der Waals surface area contributed by atoms with E-state index in [1.807, 2.05) is 30.3 Å². The predicted octanol–water partition coefficient (Wildman–Crippen LogP) is 4.13. The highest BCUT2D eigenvalue weighted by Crippen LogP contribution is 2.30. The van der Waals surface area contributed by atoms with Crippen molar-refractivity contribution in [1.82, 2.24) is 4.98 Å². The molecule has 3 aromatic carbocycles. The maximum Gasteiger partial charge on any atom is 0.264 e. The summed E-state index contributed by atoms with van der Waals surface area (Å²) >= 11 is 0. The van der Waals surface area contributed by atoms with Crippen LogP contribution in [0.3, 0.4) is 0 Å². The number of sulfonamides is 1. The molecule has 2 N–H and O–H groups in total. The summed E-state index contributed by atoms with van der Waals surface area (Å²) in [5, 5.41) is 11.2. The summed E-state index contributed by atoms with van der Waals surface area (Å²) in [5.74, 6) is -0.807. The quantitative estimate of drug-likeness (QED) is 0.572. The Morgan fingerprint density at radius 1 is 1.04 bits per heavy atom. The smallest absolute Gasteiger partial charge is 0.264 e. The highest BCUT2D eigenvalue weighted by Gasteiger charge is 2.21. The molecule has 0 aliphatic rings. The molecule has 0 spiro atoms. The Hall–Kier alpha value is -3.37. The minimum absolute atomic E-state index is 0.0296. The molecular formula is C19H12FN3O2S. The number of hydrogen-bond donors (Lipinski definition) is 2. The fourth-order valence-electron chi connectivity index (χ4n) is 2.94. The van der Waals surface area contributed by atoms with Crippen molar-refractivity contribution in [2.75, 3.05) is 4.72 Å². The summed E-state index contributed by atoms with van der Waals surface area (Å²) < 4.78 is 41.8. The average molecular weight is 365 g/mol. The second-order valence-corrected chi connectivity index (χ2v) is 7.42. The van der Waals surface area contributed by atoms with Gasteiger partial charge in [0.15, 0.2) is 0 Å². The van der Waals surface area contributed by atoms with Gasteiger partial charge in [-0.1, -0.05) is 36.4 Å². The Balaban J connectivity index is 1.81. The van der Waals surface area contributed by atoms with Gasteiger partial charge in [-0.05, 0) is 23.6 Å². The summed E-state index contributed by atoms with van der Waals surface area (Å²) in [6, 6.07) is 16.6. The number of aromatic amines is 1. The van der Waals surface area contributed by atoms with Crippen molar-refractivity contribution in [1.29, 1.82) is 5.26 Å². The van der Waals surface area contributed by atoms with Crippen molar-refractivity contribution < 1.29 is 12.8 Å². The normalized spacial score (nSPS) is 11.5. The number of fused-ring (bicyclic) bond motifs is 3. The van der Waals surface area contributed by atoms with E-state index in [-0.39, 0.29) is 16.1 Å². The van der Waals surface area contributed by atoms with Crippen molar-refractivity contribution >= 4 is 37.4 Å². The molecule has 5 nitrogen and oxygen atoms in total. The van der Waals surface area contributed by atoms with Crippen LogP contribution < -0.4 is 4.72 Å². The first-order chi connectivity index (χ1) is 12.5. The molecule has 4 rings (SSSR count). The van der Waals surface area contributed by atoms with Gasteiger partial charge >= 0.3 is 0 Å². The van der Waals surface area contributed by atoms with Gasteiger partial charge in [-0.15, -0.1) is 0 Å². The van der Waals surface area contributed by atoms with E-state index in [1.165, 1.54) is 18.3 Å². The molecule has 7 heteroatoms. The number of hydrogen-bond acceptors (Lipinski definition) is 3. The van der Waals surface area contributed by atoms with Crippen LogP contribution in [-0.4, -0.2) is 13.4 Å². The van der Waals surface area contributed by atoms with Crippen LogP contribution in [0.2, 0.25) is 0 Å². The molecule has 0 saturated heterocycles. The van der Waals surface area contributed by atoms with E-state index in [4.69, 9.17) is 5.26 Å². The average Bonchev–Trinajstić information content (AvgIpc) is 3.09. The van der Waals surface area contributed by atoms with Crippen LogP contribution in [0.15, 0.2) is 65.7 Å². The third-order valence-electron chi connectivity index (χ3n) is 4.17. The Morgan fingerprint density at radius 2 is 1.85 bits per heavy atom. The van der Waals surface area contributed by atoms with Gasteiger partial charge in [0.05, 0.1) is 22.8 Å². The van der Waals surface area contributed by atoms with Crippen LogP contribution in [0.4, 0.5) is 10.1 Å². The van der Waals surface area contributed by atoms with Gasteiger partial charge in [0.25, 0.3) is 10.0 Å². The number of nitrogens with one attached hydrogen (secondary N) is 2. The topological polar surface area (TPSA) is 85.8 Å². The lowest BCUT2D eigenvalue weighted by atomic mass is 10.1. The predicted molar refractivity (Wildman–Crippen MR) is 97.7 cm³/mol. The number of anilines is 1. The molecule has 0 fully saturated rings. The van der Waals surface area contributed by atoms with E-state index in [0.717, 1.165) is 16.8 Å². The number of aromatic nitrogens is 1. The van der Waals surface area contributed by atoms with Gasteiger partial charge in [0, 0.05) is 17.0 Å². The largest absolute Gasteiger partial charge is 0.359 e. The van der Waals surface area contributed by atoms with E-state index in [0.29, 0.717) is 10.9 Å². The summed E-state index contributed by atoms with van der Waals surface area (Å²) in [6.45, 7) is 0. The van der Waals surface area contributed by atoms with Crippen molar-refractivity contribution in [3.8, 4) is 6.07 Å². The number of nitriles is 1. The fraction of sp³-hybridized carbons (Fsp3) is 0. The first kappa shape index (κ1) is 16.1. The number of rotatable bonds is 3. The zero-order valence-electron chi connectivity index (χ0n) is 13.3. The van der Waals surface area contributed by atoms with Crippen LogP contribution in [0, 0.1) is 17.1 Å². The van der Waals surface area contributed by atoms with E-state index in [1.54, 1.807) is 12.1 Å². The monoisotopic (exact) mass is 365 g/mol. The van der Waals surface area contributed by atoms with Crippen LogP contribution >= 0.6 is 0 Å². The molecule has 128 valence electrons. The molecule has 1 aromatic heterocycles. The second-order valence-electron chi connectivity index (χ2n) is 5.77. The second kappa shape index (κ2) is 5.86. The SMILES string of the molecule is N#Cc1ccc(NS(=O)(=O)c2c[nH]c3c2ccc2ccccc23)c(F)c1. The van der Waals surface area contributed by atoms with E-state index < -0.39 is 15.8 Å². The molecule has 0 bridgehead atoms. The minimum atomic E-state index is -4.01. The maximum atomic E-state index is 14.0. The number of H-pyrrole nitrogens is 1. The molecule has 0 amide bonds. The van der Waals surface area contributed by atoms with Crippen LogP contribution in [0.5, 0.6) is 0 Å². The lowest BCUT2D eigenvalue weighted by Crippen LogP contribution is -2.13. The first-order valence-electron chi connectivity index (χ1n) is 7.71. The highest BCUT2D eigenvalue weighted by molar-refractivity contribution is 7.93. The first-order valence-corrected chi connectivity index (χ1v) is 9.19. The molecule has 26 heavy (non-hydrogen) atoms. The van der Waals surface area contributed by atoms with Gasteiger partial charge in [-0.3, -0.25) is 4.72 Å². The lowest BCUT2D eigenvalue weighted by molar-refractivity contribution is 0.599. The zero-order valence-corrected chi connectivity index (χ0v) is 14.1. The number of halogens is 1. The molecule has 0 saturated carbocycles. The minimum Gasteiger partial charge on any atom is -0.359 e. The third-order valence-corrected chi connectivity index (χ3v) is 5.58. The van der Waals surface area contributed by atoms with Crippen molar-refractivity contribution in [3.63, 3.8) is 0 Å². The molecule has 0 unspecified atom stereocenters. The van der Waals surface area contributed by atoms with E-state index in [9.17, 15) is 12.8 Å². The van der Waals surface area contributed by atoms with Gasteiger partial charge in [-0.25, -0.2) is 12.8 Å². The molecule has 0 aliphatic heterocycles. The molecular weight excluding hydrogens is 353 g/mol. The van der Waals surface area contributed by atoms with E-state index in [2.05, 4.69) is 9.71 Å². The number of nitrogens with zero attached hydrogens (tertiary/aromatic N) is 1. The van der Waals surface area contributed by atoms with Crippen LogP contribution in [0.25, 0.3) is 21.7 Å². The van der Waals surface area contributed by atoms with E-state index >= 15 is 0 Å². The molecule has 1 heterocycles. The summed E-state index contributed by atoms with van der Waals surface area (Å²) in [6.07, 6.45) is 1.39. The third kappa shape index (κ3) is 2.57. The van der Waals surface area contributed by atoms with Crippen molar-refractivity contribution in [2.24, 2.45) is 0 Å². The highest BCUT2D eigenvalue weighted by atomic mass is 32.2. The van der Waals surface area contributed by atoms with Crippen molar-refractivity contribution in [2.45, 2.75) is 4.90 Å². The Labute approximate surface area is 148 Å². The standard InChI is InChI=1S/C19H12FN3O2S/c20-16-9-12(10-21)5-8-17(16)23-26(24,25)18-11-22-19-14-4-2-1-3-13(14)6-7-15(18)19/h1-9,11,22-23H. The van der Waals surface area contributed by atoms with Gasteiger partial charge in [-0.2, -0.15) is 5.26 Å². The van der Waals surface area contributed by atoms with Crippen LogP contribution in [-0.2, 0) is 10.0 Å². The maximum absolute atomic E-state index is 14.0. The zero-order chi connectivity index (χ0) is 18.3. The summed E-state index contributed by atoms with van der Waals surface area (Å²) in [5.41, 5.74) is 0.604. The Morgan fingerprint density at radius 3 is 2.62 bits per heavy atom. The summed E-state index contributed by atoms with van der Waals surface area (Å²) in [4.78, 5) is 3.03. The van der Waals surface area contributed by atoms with Gasteiger partial charge in [0.2, 0.25) is 0 Å². The van der Waals surface area contributed by atoms with Gasteiger partial charge in [0.1, 0.15) is 10.7 Å². The molecule has 0 atom stereocenters.